The fraction of sp³-hybridized carbons (Fsp3) is 0.565. The summed E-state index contributed by atoms with van der Waals surface area (Å²) in [6.45, 7) is 4.53. The average molecular weight is 445 g/mol. The van der Waals surface area contributed by atoms with Gasteiger partial charge in [0.15, 0.2) is 5.13 Å². The van der Waals surface area contributed by atoms with Gasteiger partial charge in [-0.3, -0.25) is 9.69 Å². The van der Waals surface area contributed by atoms with Crippen molar-refractivity contribution in [2.75, 3.05) is 52.3 Å². The molecule has 2 aliphatic heterocycles. The number of nitrogens with zero attached hydrogens (tertiary/aromatic N) is 4. The summed E-state index contributed by atoms with van der Waals surface area (Å²) in [5, 5.41) is 1.04. The van der Waals surface area contributed by atoms with Crippen LogP contribution in [0.4, 0.5) is 5.13 Å². The quantitative estimate of drug-likeness (QED) is 0.652. The molecule has 168 valence electrons. The lowest BCUT2D eigenvalue weighted by Gasteiger charge is -2.32. The number of carbonyl (C=O) groups excluding carboxylic acids is 1. The topological polar surface area (TPSA) is 58.1 Å². The molecule has 1 aromatic heterocycles. The number of thiazole rings is 1. The molecule has 2 aliphatic rings. The number of amides is 1. The number of benzene rings is 1. The fourth-order valence-corrected chi connectivity index (χ4v) is 5.03. The lowest BCUT2D eigenvalue weighted by Crippen LogP contribution is -2.38. The van der Waals surface area contributed by atoms with Crippen molar-refractivity contribution < 1.29 is 14.3 Å². The van der Waals surface area contributed by atoms with Gasteiger partial charge in [0, 0.05) is 64.0 Å². The van der Waals surface area contributed by atoms with Crippen molar-refractivity contribution in [3.63, 3.8) is 0 Å². The van der Waals surface area contributed by atoms with E-state index in [0.29, 0.717) is 17.1 Å². The van der Waals surface area contributed by atoms with Gasteiger partial charge >= 0.3 is 0 Å². The molecule has 8 heteroatoms. The number of aromatic nitrogens is 1. The number of hydrogen-bond acceptors (Lipinski definition) is 7. The van der Waals surface area contributed by atoms with Gasteiger partial charge < -0.3 is 19.3 Å². The summed E-state index contributed by atoms with van der Waals surface area (Å²) in [5.41, 5.74) is 0.644. The zero-order valence-corrected chi connectivity index (χ0v) is 19.5. The van der Waals surface area contributed by atoms with Crippen LogP contribution in [0.25, 0.3) is 0 Å². The third-order valence-electron chi connectivity index (χ3n) is 5.94. The zero-order chi connectivity index (χ0) is 21.8. The third-order valence-corrected chi connectivity index (χ3v) is 7.09. The molecule has 0 N–H and O–H groups in total. The summed E-state index contributed by atoms with van der Waals surface area (Å²) in [4.78, 5) is 25.2. The molecule has 3 heterocycles. The Balaban J connectivity index is 1.37. The third kappa shape index (κ3) is 5.30. The molecule has 1 aromatic carbocycles. The summed E-state index contributed by atoms with van der Waals surface area (Å²) in [5.74, 6) is 1.43. The van der Waals surface area contributed by atoms with E-state index in [0.717, 1.165) is 63.5 Å². The summed E-state index contributed by atoms with van der Waals surface area (Å²) < 4.78 is 11.8. The maximum absolute atomic E-state index is 13.0. The van der Waals surface area contributed by atoms with Gasteiger partial charge in [-0.25, -0.2) is 4.98 Å². The summed E-state index contributed by atoms with van der Waals surface area (Å²) in [6, 6.07) is 5.54. The van der Waals surface area contributed by atoms with Crippen LogP contribution in [0.3, 0.4) is 0 Å². The van der Waals surface area contributed by atoms with E-state index in [1.807, 2.05) is 48.3 Å². The molecule has 0 unspecified atom stereocenters. The highest BCUT2D eigenvalue weighted by Crippen LogP contribution is 2.30. The molecule has 7 nitrogen and oxygen atoms in total. The Labute approximate surface area is 188 Å². The van der Waals surface area contributed by atoms with Gasteiger partial charge in [0.2, 0.25) is 0 Å². The molecule has 31 heavy (non-hydrogen) atoms. The van der Waals surface area contributed by atoms with Gasteiger partial charge in [-0.05, 0) is 37.8 Å². The second-order valence-electron chi connectivity index (χ2n) is 8.46. The second-order valence-corrected chi connectivity index (χ2v) is 9.55. The standard InChI is InChI=1S/C23H32N4O3S/c1-25(2)23-24-15-19(31-23)16-26-12-8-17(9-13-26)30-21-14-18(29-3)6-7-20(21)22(28)27-10-4-5-11-27/h6-7,14-15,17H,4-5,8-13,16H2,1-3H3. The van der Waals surface area contributed by atoms with Crippen LogP contribution in [-0.2, 0) is 6.54 Å². The molecule has 4 rings (SSSR count). The molecule has 2 saturated heterocycles. The van der Waals surface area contributed by atoms with Crippen molar-refractivity contribution in [3.8, 4) is 11.5 Å². The molecule has 0 spiro atoms. The van der Waals surface area contributed by atoms with E-state index in [9.17, 15) is 4.79 Å². The molecule has 0 radical (unpaired) electrons. The molecule has 1 amide bonds. The Morgan fingerprint density at radius 2 is 1.94 bits per heavy atom. The van der Waals surface area contributed by atoms with Crippen LogP contribution < -0.4 is 14.4 Å². The maximum Gasteiger partial charge on any atom is 0.257 e. The van der Waals surface area contributed by atoms with Crippen LogP contribution in [0.5, 0.6) is 11.5 Å². The van der Waals surface area contributed by atoms with E-state index in [1.165, 1.54) is 4.88 Å². The molecule has 2 fully saturated rings. The van der Waals surface area contributed by atoms with Crippen LogP contribution in [0.1, 0.15) is 40.9 Å². The van der Waals surface area contributed by atoms with Crippen LogP contribution in [0.2, 0.25) is 0 Å². The second kappa shape index (κ2) is 9.87. The van der Waals surface area contributed by atoms with Gasteiger partial charge in [0.25, 0.3) is 5.91 Å². The molecule has 0 aliphatic carbocycles. The number of hydrogen-bond donors (Lipinski definition) is 0. The van der Waals surface area contributed by atoms with Gasteiger partial charge in [0.1, 0.15) is 17.6 Å². The molecule has 0 bridgehead atoms. The Kier molecular flexibility index (Phi) is 6.97. The van der Waals surface area contributed by atoms with Gasteiger partial charge in [-0.15, -0.1) is 11.3 Å². The number of piperidine rings is 1. The number of ether oxygens (including phenoxy) is 2. The van der Waals surface area contributed by atoms with Gasteiger partial charge in [-0.2, -0.15) is 0 Å². The first-order chi connectivity index (χ1) is 15.0. The van der Waals surface area contributed by atoms with Gasteiger partial charge in [0.05, 0.1) is 12.7 Å². The minimum absolute atomic E-state index is 0.0643. The van der Waals surface area contributed by atoms with Crippen LogP contribution in [0, 0.1) is 0 Å². The number of rotatable bonds is 7. The smallest absolute Gasteiger partial charge is 0.257 e. The molecular formula is C23H32N4O3S. The summed E-state index contributed by atoms with van der Waals surface area (Å²) in [7, 11) is 5.68. The highest BCUT2D eigenvalue weighted by Gasteiger charge is 2.26. The fourth-order valence-electron chi connectivity index (χ4n) is 4.16. The Hall–Kier alpha value is -2.32. The Morgan fingerprint density at radius 1 is 1.19 bits per heavy atom. The summed E-state index contributed by atoms with van der Waals surface area (Å²) in [6.07, 6.45) is 6.11. The SMILES string of the molecule is COc1ccc(C(=O)N2CCCC2)c(OC2CCN(Cc3cnc(N(C)C)s3)CC2)c1. The van der Waals surface area contributed by atoms with Crippen molar-refractivity contribution >= 4 is 22.4 Å². The van der Waals surface area contributed by atoms with E-state index in [4.69, 9.17) is 9.47 Å². The van der Waals surface area contributed by atoms with E-state index >= 15 is 0 Å². The predicted octanol–water partition coefficient (Wildman–Crippen LogP) is 3.50. The van der Waals surface area contributed by atoms with E-state index in [-0.39, 0.29) is 12.0 Å². The van der Waals surface area contributed by atoms with Crippen molar-refractivity contribution in [3.05, 3.63) is 34.8 Å². The van der Waals surface area contributed by atoms with E-state index in [1.54, 1.807) is 18.4 Å². The zero-order valence-electron chi connectivity index (χ0n) is 18.7. The van der Waals surface area contributed by atoms with Crippen LogP contribution >= 0.6 is 11.3 Å². The van der Waals surface area contributed by atoms with E-state index < -0.39 is 0 Å². The summed E-state index contributed by atoms with van der Waals surface area (Å²) >= 11 is 1.75. The normalized spacial score (nSPS) is 17.7. The molecular weight excluding hydrogens is 412 g/mol. The van der Waals surface area contributed by atoms with Gasteiger partial charge in [-0.1, -0.05) is 0 Å². The largest absolute Gasteiger partial charge is 0.497 e. The van der Waals surface area contributed by atoms with Crippen molar-refractivity contribution in [1.29, 1.82) is 0 Å². The predicted molar refractivity (Wildman–Crippen MR) is 123 cm³/mol. The Morgan fingerprint density at radius 3 is 2.58 bits per heavy atom. The first-order valence-corrected chi connectivity index (χ1v) is 11.8. The molecule has 2 aromatic rings. The van der Waals surface area contributed by atoms with Crippen molar-refractivity contribution in [2.45, 2.75) is 38.3 Å². The number of likely N-dealkylation sites (tertiary alicyclic amines) is 2. The van der Waals surface area contributed by atoms with Crippen LogP contribution in [-0.4, -0.2) is 74.2 Å². The number of carbonyl (C=O) groups is 1. The first-order valence-electron chi connectivity index (χ1n) is 11.0. The monoisotopic (exact) mass is 444 g/mol. The lowest BCUT2D eigenvalue weighted by atomic mass is 10.1. The number of anilines is 1. The number of methoxy groups -OCH3 is 1. The minimum Gasteiger partial charge on any atom is -0.497 e. The van der Waals surface area contributed by atoms with Crippen LogP contribution in [0.15, 0.2) is 24.4 Å². The van der Waals surface area contributed by atoms with Crippen molar-refractivity contribution in [2.24, 2.45) is 0 Å². The van der Waals surface area contributed by atoms with E-state index in [2.05, 4.69) is 9.88 Å². The Bertz CT molecular complexity index is 887. The average Bonchev–Trinajstić information content (AvgIpc) is 3.47. The maximum atomic E-state index is 13.0. The highest BCUT2D eigenvalue weighted by molar-refractivity contribution is 7.15. The molecule has 0 atom stereocenters. The lowest BCUT2D eigenvalue weighted by molar-refractivity contribution is 0.0765. The van der Waals surface area contributed by atoms with Crippen molar-refractivity contribution in [1.82, 2.24) is 14.8 Å². The highest BCUT2D eigenvalue weighted by atomic mass is 32.1. The minimum atomic E-state index is 0.0643. The molecule has 0 saturated carbocycles. The first kappa shape index (κ1) is 21.9.